The summed E-state index contributed by atoms with van der Waals surface area (Å²) in [6, 6.07) is -0.534. The van der Waals surface area contributed by atoms with Gasteiger partial charge in [0.15, 0.2) is 0 Å². The smallest absolute Gasteiger partial charge is 0.320 e. The van der Waals surface area contributed by atoms with Crippen LogP contribution in [0.15, 0.2) is 24.4 Å². The second kappa shape index (κ2) is 2.53. The van der Waals surface area contributed by atoms with Crippen molar-refractivity contribution in [3.63, 3.8) is 0 Å². The van der Waals surface area contributed by atoms with Gasteiger partial charge in [0.05, 0.1) is 0 Å². The predicted octanol–water partition coefficient (Wildman–Crippen LogP) is -0.265. The number of nitrogens with two attached hydrogens (primary N) is 2. The standard InChI is InChI=1S/C6H9N3O/c7-5-3-1-2-4-9(5)6(8)10/h1-5H,7H2,(H2,8,10)/t5-/m0/s1. The average Bonchev–Trinajstić information content (AvgIpc) is 1.88. The Bertz CT molecular complexity index is 197. The molecule has 2 amide bonds. The Hall–Kier alpha value is -1.29. The van der Waals surface area contributed by atoms with Gasteiger partial charge in [-0.3, -0.25) is 4.90 Å². The highest BCUT2D eigenvalue weighted by Crippen LogP contribution is 2.01. The maximum absolute atomic E-state index is 10.5. The Morgan fingerprint density at radius 2 is 2.20 bits per heavy atom. The lowest BCUT2D eigenvalue weighted by Crippen LogP contribution is -2.44. The molecule has 0 unspecified atom stereocenters. The third kappa shape index (κ3) is 1.16. The summed E-state index contributed by atoms with van der Waals surface area (Å²) in [7, 11) is 0. The first-order valence-corrected chi connectivity index (χ1v) is 2.90. The van der Waals surface area contributed by atoms with Crippen molar-refractivity contribution in [2.24, 2.45) is 11.5 Å². The van der Waals surface area contributed by atoms with Crippen LogP contribution in [0.1, 0.15) is 0 Å². The molecule has 0 radical (unpaired) electrons. The zero-order valence-electron chi connectivity index (χ0n) is 5.40. The van der Waals surface area contributed by atoms with Gasteiger partial charge in [-0.25, -0.2) is 4.79 Å². The minimum Gasteiger partial charge on any atom is -0.351 e. The van der Waals surface area contributed by atoms with Crippen molar-refractivity contribution in [1.29, 1.82) is 0 Å². The van der Waals surface area contributed by atoms with Gasteiger partial charge in [-0.2, -0.15) is 0 Å². The first-order valence-electron chi connectivity index (χ1n) is 2.90. The molecular weight excluding hydrogens is 130 g/mol. The molecule has 0 spiro atoms. The number of amides is 2. The lowest BCUT2D eigenvalue weighted by molar-refractivity contribution is 0.217. The normalized spacial score (nSPS) is 23.3. The maximum atomic E-state index is 10.5. The molecule has 1 rings (SSSR count). The van der Waals surface area contributed by atoms with E-state index in [1.807, 2.05) is 0 Å². The number of rotatable bonds is 0. The maximum Gasteiger partial charge on any atom is 0.320 e. The van der Waals surface area contributed by atoms with E-state index in [2.05, 4.69) is 0 Å². The van der Waals surface area contributed by atoms with Crippen molar-refractivity contribution < 1.29 is 4.79 Å². The zero-order chi connectivity index (χ0) is 7.56. The largest absolute Gasteiger partial charge is 0.351 e. The van der Waals surface area contributed by atoms with Crippen LogP contribution < -0.4 is 11.5 Å². The van der Waals surface area contributed by atoms with Gasteiger partial charge >= 0.3 is 6.03 Å². The summed E-state index contributed by atoms with van der Waals surface area (Å²) in [6.07, 6.45) is 6.29. The third-order valence-electron chi connectivity index (χ3n) is 1.24. The van der Waals surface area contributed by atoms with Crippen molar-refractivity contribution in [2.45, 2.75) is 6.17 Å². The molecule has 0 bridgehead atoms. The highest BCUT2D eigenvalue weighted by atomic mass is 16.2. The molecule has 0 aromatic heterocycles. The van der Waals surface area contributed by atoms with E-state index in [-0.39, 0.29) is 0 Å². The van der Waals surface area contributed by atoms with Gasteiger partial charge in [-0.15, -0.1) is 0 Å². The number of nitrogens with zero attached hydrogens (tertiary/aromatic N) is 1. The summed E-state index contributed by atoms with van der Waals surface area (Å²) >= 11 is 0. The van der Waals surface area contributed by atoms with Gasteiger partial charge < -0.3 is 11.5 Å². The minimum absolute atomic E-state index is 0.414. The quantitative estimate of drug-likeness (QED) is 0.485. The molecular formula is C6H9N3O. The van der Waals surface area contributed by atoms with Crippen LogP contribution in [0.4, 0.5) is 4.79 Å². The zero-order valence-corrected chi connectivity index (χ0v) is 5.40. The molecule has 4 heteroatoms. The van der Waals surface area contributed by atoms with Crippen LogP contribution in [0.25, 0.3) is 0 Å². The highest BCUT2D eigenvalue weighted by Gasteiger charge is 2.13. The van der Waals surface area contributed by atoms with Gasteiger partial charge in [0.2, 0.25) is 0 Å². The molecule has 0 aliphatic carbocycles. The van der Waals surface area contributed by atoms with Crippen LogP contribution in [-0.4, -0.2) is 17.1 Å². The van der Waals surface area contributed by atoms with E-state index in [0.717, 1.165) is 0 Å². The molecule has 0 saturated carbocycles. The topological polar surface area (TPSA) is 72.4 Å². The van der Waals surface area contributed by atoms with Gasteiger partial charge in [0.1, 0.15) is 6.17 Å². The van der Waals surface area contributed by atoms with Crippen LogP contribution in [0.2, 0.25) is 0 Å². The van der Waals surface area contributed by atoms with Crippen molar-refractivity contribution >= 4 is 6.03 Å². The van der Waals surface area contributed by atoms with Crippen molar-refractivity contribution in [3.8, 4) is 0 Å². The van der Waals surface area contributed by atoms with E-state index in [1.165, 1.54) is 4.90 Å². The van der Waals surface area contributed by atoms with E-state index in [0.29, 0.717) is 0 Å². The molecule has 1 aliphatic rings. The van der Waals surface area contributed by atoms with E-state index in [4.69, 9.17) is 11.5 Å². The average molecular weight is 139 g/mol. The summed E-state index contributed by atoms with van der Waals surface area (Å²) < 4.78 is 0. The number of hydrogen-bond donors (Lipinski definition) is 2. The van der Waals surface area contributed by atoms with Crippen LogP contribution in [0.5, 0.6) is 0 Å². The Morgan fingerprint density at radius 3 is 2.60 bits per heavy atom. The van der Waals surface area contributed by atoms with Crippen LogP contribution in [-0.2, 0) is 0 Å². The SMILES string of the molecule is NC(=O)N1C=CC=C[C@H]1N. The van der Waals surface area contributed by atoms with Crippen LogP contribution in [0.3, 0.4) is 0 Å². The second-order valence-electron chi connectivity index (χ2n) is 1.96. The Labute approximate surface area is 58.8 Å². The lowest BCUT2D eigenvalue weighted by Gasteiger charge is -2.22. The van der Waals surface area contributed by atoms with Crippen molar-refractivity contribution in [2.75, 3.05) is 0 Å². The second-order valence-corrected chi connectivity index (χ2v) is 1.96. The number of carbonyl (C=O) groups is 1. The fourth-order valence-electron chi connectivity index (χ4n) is 0.733. The number of hydrogen-bond acceptors (Lipinski definition) is 2. The number of carbonyl (C=O) groups excluding carboxylic acids is 1. The van der Waals surface area contributed by atoms with Crippen molar-refractivity contribution in [3.05, 3.63) is 24.4 Å². The van der Waals surface area contributed by atoms with Crippen molar-refractivity contribution in [1.82, 2.24) is 4.90 Å². The van der Waals surface area contributed by atoms with Crippen LogP contribution in [0, 0.1) is 0 Å². The number of allylic oxidation sites excluding steroid dienone is 2. The molecule has 1 aliphatic heterocycles. The highest BCUT2D eigenvalue weighted by molar-refractivity contribution is 5.74. The fraction of sp³-hybridized carbons (Fsp3) is 0.167. The van der Waals surface area contributed by atoms with E-state index in [9.17, 15) is 4.79 Å². The monoisotopic (exact) mass is 139 g/mol. The first-order chi connectivity index (χ1) is 4.72. The molecule has 54 valence electrons. The van der Waals surface area contributed by atoms with E-state index < -0.39 is 12.2 Å². The van der Waals surface area contributed by atoms with Gasteiger partial charge in [0, 0.05) is 6.20 Å². The summed E-state index contributed by atoms with van der Waals surface area (Å²) in [6.45, 7) is 0. The third-order valence-corrected chi connectivity index (χ3v) is 1.24. The van der Waals surface area contributed by atoms with E-state index >= 15 is 0 Å². The Balaban J connectivity index is 2.70. The molecule has 1 atom stereocenters. The Morgan fingerprint density at radius 1 is 1.50 bits per heavy atom. The summed E-state index contributed by atoms with van der Waals surface area (Å²) in [5, 5.41) is 0. The minimum atomic E-state index is -0.534. The van der Waals surface area contributed by atoms with E-state index in [1.54, 1.807) is 24.4 Å². The fourth-order valence-corrected chi connectivity index (χ4v) is 0.733. The Kier molecular flexibility index (Phi) is 1.73. The summed E-state index contributed by atoms with van der Waals surface area (Å²) in [5.74, 6) is 0. The summed E-state index contributed by atoms with van der Waals surface area (Å²) in [4.78, 5) is 11.8. The molecule has 4 N–H and O–H groups in total. The lowest BCUT2D eigenvalue weighted by atomic mass is 10.3. The molecule has 0 aromatic carbocycles. The molecule has 10 heavy (non-hydrogen) atoms. The van der Waals surface area contributed by atoms with Gasteiger partial charge in [-0.05, 0) is 12.2 Å². The molecule has 0 fully saturated rings. The van der Waals surface area contributed by atoms with Crippen LogP contribution >= 0.6 is 0 Å². The number of urea groups is 1. The van der Waals surface area contributed by atoms with Gasteiger partial charge in [0.25, 0.3) is 0 Å². The molecule has 1 heterocycles. The predicted molar refractivity (Wildman–Crippen MR) is 37.7 cm³/mol. The first kappa shape index (κ1) is 6.82. The summed E-state index contributed by atoms with van der Waals surface area (Å²) in [5.41, 5.74) is 10.4. The number of primary amides is 1. The molecule has 4 nitrogen and oxygen atoms in total. The molecule has 0 saturated heterocycles. The van der Waals surface area contributed by atoms with Gasteiger partial charge in [-0.1, -0.05) is 6.08 Å². The molecule has 0 aromatic rings.